The topological polar surface area (TPSA) is 91.8 Å². The molecule has 134 valence electrons. The van der Waals surface area contributed by atoms with E-state index in [4.69, 9.17) is 11.6 Å². The Kier molecular flexibility index (Phi) is 7.27. The Morgan fingerprint density at radius 2 is 1.96 bits per heavy atom. The molecule has 0 spiro atoms. The third-order valence-corrected chi connectivity index (χ3v) is 4.48. The predicted octanol–water partition coefficient (Wildman–Crippen LogP) is 3.51. The number of halogens is 1. The summed E-state index contributed by atoms with van der Waals surface area (Å²) in [5.74, 6) is 0.930. The largest absolute Gasteiger partial charge is 0.357 e. The summed E-state index contributed by atoms with van der Waals surface area (Å²) in [5.41, 5.74) is 0.584. The molecule has 0 aliphatic rings. The zero-order valence-electron chi connectivity index (χ0n) is 14.3. The summed E-state index contributed by atoms with van der Waals surface area (Å²) in [6.07, 6.45) is 0.948. The number of aromatic nitrogens is 3. The molecule has 7 nitrogen and oxygen atoms in total. The van der Waals surface area contributed by atoms with Crippen LogP contribution < -0.4 is 16.0 Å². The third-order valence-electron chi connectivity index (χ3n) is 3.31. The molecule has 0 aliphatic heterocycles. The van der Waals surface area contributed by atoms with Crippen LogP contribution in [-0.4, -0.2) is 39.7 Å². The normalized spacial score (nSPS) is 11.7. The van der Waals surface area contributed by atoms with Gasteiger partial charge in [0.1, 0.15) is 0 Å². The Labute approximate surface area is 156 Å². The smallest absolute Gasteiger partial charge is 0.234 e. The number of hydrogen-bond acceptors (Lipinski definition) is 7. The van der Waals surface area contributed by atoms with Gasteiger partial charge in [0.15, 0.2) is 5.16 Å². The van der Waals surface area contributed by atoms with Crippen molar-refractivity contribution in [2.75, 3.05) is 28.8 Å². The van der Waals surface area contributed by atoms with Gasteiger partial charge in [0.2, 0.25) is 17.8 Å². The fraction of sp³-hybridized carbons (Fsp3) is 0.375. The lowest BCUT2D eigenvalue weighted by atomic mass is 10.3. The van der Waals surface area contributed by atoms with Gasteiger partial charge in [-0.1, -0.05) is 42.4 Å². The van der Waals surface area contributed by atoms with Crippen molar-refractivity contribution in [1.29, 1.82) is 0 Å². The molecule has 2 aromatic rings. The molecule has 1 aromatic heterocycles. The van der Waals surface area contributed by atoms with Gasteiger partial charge in [0.25, 0.3) is 0 Å². The molecule has 3 N–H and O–H groups in total. The van der Waals surface area contributed by atoms with Crippen LogP contribution in [0.4, 0.5) is 17.6 Å². The fourth-order valence-corrected chi connectivity index (χ4v) is 2.62. The molecule has 1 heterocycles. The van der Waals surface area contributed by atoms with Crippen molar-refractivity contribution in [1.82, 2.24) is 15.0 Å². The molecule has 1 aromatic carbocycles. The minimum Gasteiger partial charge on any atom is -0.357 e. The molecule has 25 heavy (non-hydrogen) atoms. The van der Waals surface area contributed by atoms with Crippen LogP contribution >= 0.6 is 23.4 Å². The lowest BCUT2D eigenvalue weighted by Gasteiger charge is -2.12. The van der Waals surface area contributed by atoms with Crippen LogP contribution in [0.3, 0.4) is 0 Å². The zero-order valence-corrected chi connectivity index (χ0v) is 15.9. The van der Waals surface area contributed by atoms with E-state index >= 15 is 0 Å². The van der Waals surface area contributed by atoms with Gasteiger partial charge < -0.3 is 16.0 Å². The van der Waals surface area contributed by atoms with Crippen molar-refractivity contribution in [2.45, 2.75) is 31.5 Å². The number of amides is 1. The maximum absolute atomic E-state index is 12.1. The van der Waals surface area contributed by atoms with E-state index in [1.54, 1.807) is 19.2 Å². The quantitative estimate of drug-likeness (QED) is 0.603. The minimum atomic E-state index is -0.180. The first-order valence-electron chi connectivity index (χ1n) is 7.89. The van der Waals surface area contributed by atoms with Crippen LogP contribution in [0.5, 0.6) is 0 Å². The summed E-state index contributed by atoms with van der Waals surface area (Å²) >= 11 is 7.27. The highest BCUT2D eigenvalue weighted by atomic mass is 35.5. The second-order valence-electron chi connectivity index (χ2n) is 5.29. The van der Waals surface area contributed by atoms with Crippen molar-refractivity contribution in [2.24, 2.45) is 0 Å². The first-order valence-corrected chi connectivity index (χ1v) is 9.25. The Morgan fingerprint density at radius 1 is 1.24 bits per heavy atom. The van der Waals surface area contributed by atoms with E-state index in [1.807, 2.05) is 19.1 Å². The monoisotopic (exact) mass is 380 g/mol. The summed E-state index contributed by atoms with van der Waals surface area (Å²) < 4.78 is 0. The van der Waals surface area contributed by atoms with E-state index in [0.717, 1.165) is 6.42 Å². The number of para-hydroxylation sites is 1. The van der Waals surface area contributed by atoms with E-state index in [-0.39, 0.29) is 17.7 Å². The summed E-state index contributed by atoms with van der Waals surface area (Å²) in [4.78, 5) is 25.0. The molecule has 0 bridgehead atoms. The van der Waals surface area contributed by atoms with Crippen LogP contribution in [0.1, 0.15) is 20.3 Å². The number of thioether (sulfide) groups is 1. The van der Waals surface area contributed by atoms with Gasteiger partial charge in [-0.3, -0.25) is 4.79 Å². The van der Waals surface area contributed by atoms with E-state index in [1.165, 1.54) is 11.8 Å². The highest BCUT2D eigenvalue weighted by molar-refractivity contribution is 7.99. The van der Waals surface area contributed by atoms with Crippen LogP contribution in [0, 0.1) is 0 Å². The summed E-state index contributed by atoms with van der Waals surface area (Å²) in [7, 11) is 1.74. The highest BCUT2D eigenvalue weighted by Gasteiger charge is 2.11. The van der Waals surface area contributed by atoms with Gasteiger partial charge in [-0.05, 0) is 25.5 Å². The Balaban J connectivity index is 2.00. The molecule has 0 aliphatic carbocycles. The zero-order chi connectivity index (χ0) is 18.2. The highest BCUT2D eigenvalue weighted by Crippen LogP contribution is 2.22. The van der Waals surface area contributed by atoms with Gasteiger partial charge in [-0.15, -0.1) is 0 Å². The molecule has 1 atom stereocenters. The molecule has 0 fully saturated rings. The molecule has 0 saturated carbocycles. The fourth-order valence-electron chi connectivity index (χ4n) is 1.80. The number of carbonyl (C=O) groups excluding carboxylic acids is 1. The van der Waals surface area contributed by atoms with Crippen molar-refractivity contribution >= 4 is 46.9 Å². The van der Waals surface area contributed by atoms with Crippen molar-refractivity contribution in [3.63, 3.8) is 0 Å². The van der Waals surface area contributed by atoms with Gasteiger partial charge in [-0.25, -0.2) is 0 Å². The second-order valence-corrected chi connectivity index (χ2v) is 6.64. The first kappa shape index (κ1) is 19.3. The van der Waals surface area contributed by atoms with Gasteiger partial charge in [0.05, 0.1) is 16.5 Å². The van der Waals surface area contributed by atoms with E-state index in [2.05, 4.69) is 37.8 Å². The molecule has 9 heteroatoms. The SMILES string of the molecule is CCC(C)Nc1nc(NC)nc(SCC(=O)Nc2ccccc2Cl)n1. The molecule has 0 radical (unpaired) electrons. The maximum Gasteiger partial charge on any atom is 0.234 e. The Hall–Kier alpha value is -2.06. The standard InChI is InChI=1S/C16H21ClN6OS/c1-4-10(2)19-15-21-14(18-3)22-16(23-15)25-9-13(24)20-12-8-6-5-7-11(12)17/h5-8,10H,4,9H2,1-3H3,(H,20,24)(H2,18,19,21,22,23). The number of nitrogens with zero attached hydrogens (tertiary/aromatic N) is 3. The molecular weight excluding hydrogens is 360 g/mol. The van der Waals surface area contributed by atoms with E-state index in [0.29, 0.717) is 27.8 Å². The van der Waals surface area contributed by atoms with Crippen LogP contribution in [0.25, 0.3) is 0 Å². The Morgan fingerprint density at radius 3 is 2.64 bits per heavy atom. The van der Waals surface area contributed by atoms with E-state index in [9.17, 15) is 4.79 Å². The number of benzene rings is 1. The minimum absolute atomic E-state index is 0.168. The number of carbonyl (C=O) groups is 1. The molecule has 1 unspecified atom stereocenters. The first-order chi connectivity index (χ1) is 12.0. The summed E-state index contributed by atoms with van der Waals surface area (Å²) in [6, 6.07) is 7.34. The van der Waals surface area contributed by atoms with Crippen molar-refractivity contribution in [3.8, 4) is 0 Å². The molecular formula is C16H21ClN6OS. The average Bonchev–Trinajstić information content (AvgIpc) is 2.61. The molecule has 2 rings (SSSR count). The van der Waals surface area contributed by atoms with Crippen molar-refractivity contribution in [3.05, 3.63) is 29.3 Å². The van der Waals surface area contributed by atoms with Gasteiger partial charge >= 0.3 is 0 Å². The molecule has 1 amide bonds. The number of rotatable bonds is 8. The average molecular weight is 381 g/mol. The Bertz CT molecular complexity index is 730. The number of nitrogens with one attached hydrogen (secondary N) is 3. The second kappa shape index (κ2) is 9.43. The van der Waals surface area contributed by atoms with Gasteiger partial charge in [0, 0.05) is 13.1 Å². The summed E-state index contributed by atoms with van der Waals surface area (Å²) in [6.45, 7) is 4.12. The predicted molar refractivity (Wildman–Crippen MR) is 104 cm³/mol. The number of anilines is 3. The third kappa shape index (κ3) is 6.06. The van der Waals surface area contributed by atoms with Crippen LogP contribution in [0.2, 0.25) is 5.02 Å². The van der Waals surface area contributed by atoms with Gasteiger partial charge in [-0.2, -0.15) is 15.0 Å². The molecule has 0 saturated heterocycles. The van der Waals surface area contributed by atoms with Crippen LogP contribution in [-0.2, 0) is 4.79 Å². The van der Waals surface area contributed by atoms with E-state index < -0.39 is 0 Å². The lowest BCUT2D eigenvalue weighted by Crippen LogP contribution is -2.18. The summed E-state index contributed by atoms with van der Waals surface area (Å²) in [5, 5.41) is 9.85. The number of hydrogen-bond donors (Lipinski definition) is 3. The van der Waals surface area contributed by atoms with Crippen LogP contribution in [0.15, 0.2) is 29.4 Å². The maximum atomic E-state index is 12.1. The lowest BCUT2D eigenvalue weighted by molar-refractivity contribution is -0.113. The van der Waals surface area contributed by atoms with Crippen molar-refractivity contribution < 1.29 is 4.79 Å².